The molecule has 2 N–H and O–H groups in total. The van der Waals surface area contributed by atoms with Crippen molar-refractivity contribution in [2.75, 3.05) is 5.32 Å². The van der Waals surface area contributed by atoms with Gasteiger partial charge in [0.1, 0.15) is 11.6 Å². The Morgan fingerprint density at radius 3 is 2.62 bits per heavy atom. The van der Waals surface area contributed by atoms with Crippen LogP contribution >= 0.6 is 0 Å². The highest BCUT2D eigenvalue weighted by atomic mass is 19.1. The summed E-state index contributed by atoms with van der Waals surface area (Å²) in [7, 11) is 0. The lowest BCUT2D eigenvalue weighted by molar-refractivity contribution is -0.120. The van der Waals surface area contributed by atoms with E-state index in [4.69, 9.17) is 6.57 Å². The van der Waals surface area contributed by atoms with Crippen LogP contribution in [0.3, 0.4) is 0 Å². The van der Waals surface area contributed by atoms with Gasteiger partial charge in [0.05, 0.1) is 35.8 Å². The Bertz CT molecular complexity index is 1290. The van der Waals surface area contributed by atoms with E-state index in [2.05, 4.69) is 20.1 Å². The molecule has 7 nitrogen and oxygen atoms in total. The number of carbonyl (C=O) groups excluding carboxylic acids is 1. The van der Waals surface area contributed by atoms with Crippen LogP contribution in [0.5, 0.6) is 0 Å². The van der Waals surface area contributed by atoms with E-state index in [-0.39, 0.29) is 19.8 Å². The topological polar surface area (TPSA) is 84.4 Å². The van der Waals surface area contributed by atoms with Crippen molar-refractivity contribution in [1.29, 1.82) is 0 Å². The van der Waals surface area contributed by atoms with Gasteiger partial charge < -0.3 is 5.11 Å². The van der Waals surface area contributed by atoms with E-state index in [1.807, 2.05) is 6.07 Å². The number of hydrogen-bond acceptors (Lipinski definition) is 4. The van der Waals surface area contributed by atoms with Crippen LogP contribution < -0.4 is 5.32 Å². The number of rotatable bonds is 5. The summed E-state index contributed by atoms with van der Waals surface area (Å²) in [5.41, 5.74) is 0.690. The molecule has 0 aliphatic heterocycles. The molecule has 1 atom stereocenters. The van der Waals surface area contributed by atoms with E-state index < -0.39 is 17.3 Å². The van der Waals surface area contributed by atoms with E-state index in [1.54, 1.807) is 54.0 Å². The third-order valence-corrected chi connectivity index (χ3v) is 4.86. The number of carbonyl (C=O) groups is 1. The molecular weight excluding hydrogens is 409 g/mol. The van der Waals surface area contributed by atoms with Gasteiger partial charge in [0, 0.05) is 0 Å². The number of amides is 1. The number of aromatic nitrogens is 3. The minimum atomic E-state index is -1.38. The summed E-state index contributed by atoms with van der Waals surface area (Å²) in [5, 5.41) is 13.5. The van der Waals surface area contributed by atoms with Gasteiger partial charge in [-0.05, 0) is 36.8 Å². The van der Waals surface area contributed by atoms with Crippen molar-refractivity contribution in [3.8, 4) is 5.82 Å². The van der Waals surface area contributed by atoms with Gasteiger partial charge in [-0.1, -0.05) is 43.8 Å². The third kappa shape index (κ3) is 4.48. The maximum Gasteiger partial charge on any atom is 0.229 e. The number of fused-ring (bicyclic) bond motifs is 1. The summed E-state index contributed by atoms with van der Waals surface area (Å²) in [6.45, 7) is 8.82. The molecule has 0 saturated carbocycles. The highest BCUT2D eigenvalue weighted by molar-refractivity contribution is 5.93. The second-order valence-electron chi connectivity index (χ2n) is 7.26. The number of anilines is 1. The van der Waals surface area contributed by atoms with E-state index in [0.717, 1.165) is 6.20 Å². The Morgan fingerprint density at radius 2 is 1.97 bits per heavy atom. The molecule has 2 heterocycles. The molecule has 4 aromatic rings. The zero-order chi connectivity index (χ0) is 22.0. The summed E-state index contributed by atoms with van der Waals surface area (Å²) >= 11 is 0. The van der Waals surface area contributed by atoms with Gasteiger partial charge >= 0.3 is 0 Å². The fourth-order valence-electron chi connectivity index (χ4n) is 3.33. The summed E-state index contributed by atoms with van der Waals surface area (Å²) in [6.07, 6.45) is 0.857. The third-order valence-electron chi connectivity index (χ3n) is 4.86. The molecule has 0 aliphatic rings. The molecule has 0 fully saturated rings. The first-order valence-electron chi connectivity index (χ1n) is 9.47. The number of imidazole rings is 1. The highest BCUT2D eigenvalue weighted by Crippen LogP contribution is 2.29. The van der Waals surface area contributed by atoms with Gasteiger partial charge in [-0.15, -0.1) is 0 Å². The van der Waals surface area contributed by atoms with Crippen molar-refractivity contribution in [3.05, 3.63) is 89.7 Å². The highest BCUT2D eigenvalue weighted by Gasteiger charge is 2.27. The van der Waals surface area contributed by atoms with Crippen molar-refractivity contribution in [2.24, 2.45) is 0 Å². The van der Waals surface area contributed by atoms with Crippen LogP contribution in [0, 0.1) is 12.4 Å². The zero-order valence-corrected chi connectivity index (χ0v) is 16.6. The van der Waals surface area contributed by atoms with E-state index in [1.165, 1.54) is 12.1 Å². The maximum atomic E-state index is 13.4. The number of benzene rings is 2. The Morgan fingerprint density at radius 1 is 1.22 bits per heavy atom. The first-order valence-corrected chi connectivity index (χ1v) is 9.47. The second kappa shape index (κ2) is 8.96. The molecule has 2 aromatic carbocycles. The second-order valence-corrected chi connectivity index (χ2v) is 7.26. The van der Waals surface area contributed by atoms with Gasteiger partial charge in [-0.3, -0.25) is 14.7 Å². The number of aliphatic hydroxyl groups is 1. The van der Waals surface area contributed by atoms with Gasteiger partial charge in [-0.25, -0.2) is 19.2 Å². The average Bonchev–Trinajstić information content (AvgIpc) is 3.11. The van der Waals surface area contributed by atoms with Crippen molar-refractivity contribution in [1.82, 2.24) is 14.5 Å². The van der Waals surface area contributed by atoms with Crippen molar-refractivity contribution in [3.63, 3.8) is 0 Å². The van der Waals surface area contributed by atoms with Gasteiger partial charge in [0.2, 0.25) is 11.9 Å². The normalized spacial score (nSPS) is 12.4. The van der Waals surface area contributed by atoms with Gasteiger partial charge in [-0.2, -0.15) is 0 Å². The Hall–Kier alpha value is -4.09. The van der Waals surface area contributed by atoms with Crippen LogP contribution in [0.2, 0.25) is 0 Å². The summed E-state index contributed by atoms with van der Waals surface area (Å²) < 4.78 is 14.9. The number of hydrogen-bond donors (Lipinski definition) is 2. The SMILES string of the molecule is C.[C-]#[N+]c1ccc2nc(NC(=O)C[C@](C)(O)c3ccccc3)n(-c3ccc(F)cn3)c2c1. The molecule has 0 bridgehead atoms. The molecule has 0 unspecified atom stereocenters. The van der Waals surface area contributed by atoms with Crippen LogP contribution in [-0.4, -0.2) is 25.5 Å². The van der Waals surface area contributed by atoms with Crippen LogP contribution in [0.25, 0.3) is 21.7 Å². The standard InChI is InChI=1S/C23H18FN5O2.CH4/c1-23(31,15-6-4-3-5-7-15)13-21(30)28-22-27-18-10-9-17(25-2)12-19(18)29(22)20-11-8-16(24)14-26-20;/h3-12,14,31H,13H2,1H3,(H,27,28,30);1H4/t23-;/m0./s1. The molecular formula is C24H22FN5O2. The smallest absolute Gasteiger partial charge is 0.229 e. The van der Waals surface area contributed by atoms with E-state index in [9.17, 15) is 14.3 Å². The van der Waals surface area contributed by atoms with E-state index >= 15 is 0 Å². The largest absolute Gasteiger partial charge is 0.385 e. The van der Waals surface area contributed by atoms with Crippen molar-refractivity contribution in [2.45, 2.75) is 26.4 Å². The lowest BCUT2D eigenvalue weighted by atomic mass is 9.92. The first kappa shape index (κ1) is 22.6. The first-order chi connectivity index (χ1) is 14.9. The minimum Gasteiger partial charge on any atom is -0.385 e. The molecule has 4 rings (SSSR count). The number of halogens is 1. The Balaban J connectivity index is 0.00000289. The van der Waals surface area contributed by atoms with Crippen molar-refractivity contribution < 1.29 is 14.3 Å². The molecule has 0 saturated heterocycles. The molecule has 0 radical (unpaired) electrons. The number of nitrogens with zero attached hydrogens (tertiary/aromatic N) is 4. The van der Waals surface area contributed by atoms with Gasteiger partial charge in [0.25, 0.3) is 0 Å². The summed E-state index contributed by atoms with van der Waals surface area (Å²) in [5.74, 6) is -0.473. The molecule has 1 amide bonds. The zero-order valence-electron chi connectivity index (χ0n) is 16.6. The molecule has 8 heteroatoms. The monoisotopic (exact) mass is 431 g/mol. The van der Waals surface area contributed by atoms with Crippen LogP contribution in [0.4, 0.5) is 16.0 Å². The van der Waals surface area contributed by atoms with Crippen LogP contribution in [-0.2, 0) is 10.4 Å². The fourth-order valence-corrected chi connectivity index (χ4v) is 3.33. The molecule has 0 aliphatic carbocycles. The quantitative estimate of drug-likeness (QED) is 0.437. The molecule has 2 aromatic heterocycles. The predicted octanol–water partition coefficient (Wildman–Crippen LogP) is 4.98. The predicted molar refractivity (Wildman–Crippen MR) is 121 cm³/mol. The summed E-state index contributed by atoms with van der Waals surface area (Å²) in [6, 6.07) is 16.5. The molecule has 32 heavy (non-hydrogen) atoms. The minimum absolute atomic E-state index is 0. The van der Waals surface area contributed by atoms with Crippen LogP contribution in [0.1, 0.15) is 26.3 Å². The van der Waals surface area contributed by atoms with Crippen LogP contribution in [0.15, 0.2) is 66.9 Å². The van der Waals surface area contributed by atoms with Gasteiger partial charge in [0.15, 0.2) is 5.69 Å². The number of pyridine rings is 1. The average molecular weight is 431 g/mol. The van der Waals surface area contributed by atoms with E-state index in [0.29, 0.717) is 28.1 Å². The fraction of sp³-hybridized carbons (Fsp3) is 0.167. The lowest BCUT2D eigenvalue weighted by Gasteiger charge is -2.23. The number of nitrogens with one attached hydrogen (secondary N) is 1. The Labute approximate surface area is 185 Å². The maximum absolute atomic E-state index is 13.4. The Kier molecular flexibility index (Phi) is 6.32. The molecule has 0 spiro atoms. The van der Waals surface area contributed by atoms with Crippen molar-refractivity contribution >= 4 is 28.6 Å². The molecule has 162 valence electrons. The lowest BCUT2D eigenvalue weighted by Crippen LogP contribution is -2.29. The summed E-state index contributed by atoms with van der Waals surface area (Å²) in [4.78, 5) is 24.7.